The van der Waals surface area contributed by atoms with Crippen molar-refractivity contribution in [1.82, 2.24) is 19.8 Å². The van der Waals surface area contributed by atoms with Gasteiger partial charge >= 0.3 is 0 Å². The Bertz CT molecular complexity index is 816. The number of piperidine rings is 1. The van der Waals surface area contributed by atoms with Crippen molar-refractivity contribution in [1.29, 1.82) is 0 Å². The summed E-state index contributed by atoms with van der Waals surface area (Å²) in [6, 6.07) is 8.29. The number of hydrogen-bond acceptors (Lipinski definition) is 8. The minimum Gasteiger partial charge on any atom is -0.492 e. The predicted molar refractivity (Wildman–Crippen MR) is 124 cm³/mol. The van der Waals surface area contributed by atoms with E-state index < -0.39 is 5.60 Å². The molecule has 32 heavy (non-hydrogen) atoms. The molecule has 1 aromatic carbocycles. The molecule has 2 saturated heterocycles. The summed E-state index contributed by atoms with van der Waals surface area (Å²) in [6.45, 7) is 8.08. The predicted octanol–water partition coefficient (Wildman–Crippen LogP) is 1.65. The van der Waals surface area contributed by atoms with E-state index in [9.17, 15) is 5.11 Å². The number of morpholine rings is 1. The molecule has 2 aliphatic rings. The van der Waals surface area contributed by atoms with Gasteiger partial charge in [-0.05, 0) is 37.6 Å². The fourth-order valence-corrected chi connectivity index (χ4v) is 4.57. The van der Waals surface area contributed by atoms with E-state index in [-0.39, 0.29) is 0 Å². The first kappa shape index (κ1) is 22.9. The van der Waals surface area contributed by atoms with E-state index in [1.807, 2.05) is 12.1 Å². The maximum Gasteiger partial charge on any atom is 0.147 e. The van der Waals surface area contributed by atoms with E-state index >= 15 is 0 Å². The van der Waals surface area contributed by atoms with Crippen molar-refractivity contribution < 1.29 is 14.6 Å². The number of rotatable bonds is 9. The zero-order valence-corrected chi connectivity index (χ0v) is 19.0. The normalized spacial score (nSPS) is 22.3. The monoisotopic (exact) mass is 441 g/mol. The molecule has 3 heterocycles. The molecule has 8 nitrogen and oxygen atoms in total. The number of ether oxygens (including phenoxy) is 2. The molecule has 0 bridgehead atoms. The summed E-state index contributed by atoms with van der Waals surface area (Å²) >= 11 is 0. The van der Waals surface area contributed by atoms with Gasteiger partial charge in [0.2, 0.25) is 0 Å². The van der Waals surface area contributed by atoms with Crippen molar-refractivity contribution in [3.63, 3.8) is 0 Å². The van der Waals surface area contributed by atoms with Gasteiger partial charge in [-0.3, -0.25) is 14.8 Å². The highest BCUT2D eigenvalue weighted by Gasteiger charge is 2.34. The van der Waals surface area contributed by atoms with Crippen LogP contribution in [-0.4, -0.2) is 96.6 Å². The average Bonchev–Trinajstić information content (AvgIpc) is 2.81. The summed E-state index contributed by atoms with van der Waals surface area (Å²) in [6.07, 6.45) is 6.88. The second-order valence-electron chi connectivity index (χ2n) is 8.93. The fourth-order valence-electron chi connectivity index (χ4n) is 4.57. The van der Waals surface area contributed by atoms with Crippen molar-refractivity contribution in [3.8, 4) is 5.75 Å². The average molecular weight is 442 g/mol. The molecule has 2 aliphatic heterocycles. The van der Waals surface area contributed by atoms with Crippen molar-refractivity contribution in [2.24, 2.45) is 0 Å². The summed E-state index contributed by atoms with van der Waals surface area (Å²) in [7, 11) is 2.06. The van der Waals surface area contributed by atoms with E-state index in [0.717, 1.165) is 70.3 Å². The van der Waals surface area contributed by atoms with Gasteiger partial charge in [0.05, 0.1) is 25.0 Å². The number of anilines is 1. The van der Waals surface area contributed by atoms with Gasteiger partial charge in [-0.15, -0.1) is 0 Å². The number of benzene rings is 1. The Morgan fingerprint density at radius 1 is 1.16 bits per heavy atom. The van der Waals surface area contributed by atoms with Crippen molar-refractivity contribution >= 4 is 5.82 Å². The molecule has 2 aromatic rings. The van der Waals surface area contributed by atoms with Gasteiger partial charge in [-0.1, -0.05) is 12.1 Å². The lowest BCUT2D eigenvalue weighted by Crippen LogP contribution is -2.54. The lowest BCUT2D eigenvalue weighted by Gasteiger charge is -2.41. The Labute approximate surface area is 190 Å². The summed E-state index contributed by atoms with van der Waals surface area (Å²) < 4.78 is 11.3. The maximum absolute atomic E-state index is 11.2. The molecule has 0 saturated carbocycles. The number of aliphatic hydroxyl groups is 1. The van der Waals surface area contributed by atoms with Crippen molar-refractivity contribution in [2.75, 3.05) is 71.0 Å². The standard InChI is InChI=1S/C24H35N5O3/c1-27(19-24(30)7-2-10-29(20-24)23-17-25-8-9-26-23)18-21-3-5-22(6-4-21)32-16-13-28-11-14-31-15-12-28/h3-6,8-9,17,30H,2,7,10-16,18-20H2,1H3/t24-/m1/s1. The molecule has 1 aromatic heterocycles. The number of β-amino-alcohol motifs (C(OH)–C–C–N with tert-alkyl or cyclic N) is 1. The van der Waals surface area contributed by atoms with E-state index in [1.165, 1.54) is 5.56 Å². The molecule has 2 fully saturated rings. The molecule has 1 N–H and O–H groups in total. The van der Waals surface area contributed by atoms with Crippen LogP contribution in [-0.2, 0) is 11.3 Å². The van der Waals surface area contributed by atoms with Crippen LogP contribution < -0.4 is 9.64 Å². The van der Waals surface area contributed by atoms with Crippen LogP contribution in [0.2, 0.25) is 0 Å². The number of hydrogen-bond donors (Lipinski definition) is 1. The lowest BCUT2D eigenvalue weighted by molar-refractivity contribution is -0.00349. The first-order chi connectivity index (χ1) is 15.6. The number of nitrogens with zero attached hydrogens (tertiary/aromatic N) is 5. The maximum atomic E-state index is 11.2. The van der Waals surface area contributed by atoms with Crippen LogP contribution in [0.3, 0.4) is 0 Å². The largest absolute Gasteiger partial charge is 0.492 e. The Balaban J connectivity index is 1.23. The molecule has 0 radical (unpaired) electrons. The van der Waals surface area contributed by atoms with Gasteiger partial charge in [0, 0.05) is 58.2 Å². The molecule has 0 aliphatic carbocycles. The van der Waals surface area contributed by atoms with Crippen LogP contribution >= 0.6 is 0 Å². The van der Waals surface area contributed by atoms with E-state index in [4.69, 9.17) is 9.47 Å². The first-order valence-electron chi connectivity index (χ1n) is 11.5. The zero-order chi connectivity index (χ0) is 22.2. The third kappa shape index (κ3) is 6.62. The Kier molecular flexibility index (Phi) is 7.91. The van der Waals surface area contributed by atoms with Crippen LogP contribution in [0, 0.1) is 0 Å². The molecular formula is C24H35N5O3. The summed E-state index contributed by atoms with van der Waals surface area (Å²) in [5, 5.41) is 11.2. The van der Waals surface area contributed by atoms with Gasteiger partial charge in [-0.25, -0.2) is 4.98 Å². The van der Waals surface area contributed by atoms with Crippen LogP contribution in [0.1, 0.15) is 18.4 Å². The van der Waals surface area contributed by atoms with Crippen LogP contribution in [0.4, 0.5) is 5.82 Å². The minimum absolute atomic E-state index is 0.575. The molecule has 8 heteroatoms. The summed E-state index contributed by atoms with van der Waals surface area (Å²) in [5.41, 5.74) is 0.450. The second kappa shape index (κ2) is 11.0. The molecule has 0 spiro atoms. The van der Waals surface area contributed by atoms with E-state index in [1.54, 1.807) is 18.6 Å². The zero-order valence-electron chi connectivity index (χ0n) is 19.0. The van der Waals surface area contributed by atoms with E-state index in [2.05, 4.69) is 43.8 Å². The molecule has 0 amide bonds. The number of likely N-dealkylation sites (N-methyl/N-ethyl adjacent to an activating group) is 1. The van der Waals surface area contributed by atoms with Crippen molar-refractivity contribution in [2.45, 2.75) is 25.0 Å². The quantitative estimate of drug-likeness (QED) is 0.630. The van der Waals surface area contributed by atoms with E-state index in [0.29, 0.717) is 19.7 Å². The molecular weight excluding hydrogens is 406 g/mol. The van der Waals surface area contributed by atoms with Crippen LogP contribution in [0.25, 0.3) is 0 Å². The van der Waals surface area contributed by atoms with Gasteiger partial charge in [0.25, 0.3) is 0 Å². The summed E-state index contributed by atoms with van der Waals surface area (Å²) in [5.74, 6) is 1.73. The highest BCUT2D eigenvalue weighted by molar-refractivity contribution is 5.36. The number of aromatic nitrogens is 2. The van der Waals surface area contributed by atoms with Crippen LogP contribution in [0.5, 0.6) is 5.75 Å². The van der Waals surface area contributed by atoms with Gasteiger partial charge in [0.1, 0.15) is 18.2 Å². The molecule has 4 rings (SSSR count). The minimum atomic E-state index is -0.757. The topological polar surface area (TPSA) is 74.2 Å². The molecule has 0 unspecified atom stereocenters. The molecule has 1 atom stereocenters. The summed E-state index contributed by atoms with van der Waals surface area (Å²) in [4.78, 5) is 15.2. The highest BCUT2D eigenvalue weighted by atomic mass is 16.5. The Morgan fingerprint density at radius 2 is 1.97 bits per heavy atom. The first-order valence-corrected chi connectivity index (χ1v) is 11.5. The van der Waals surface area contributed by atoms with Gasteiger partial charge in [-0.2, -0.15) is 0 Å². The van der Waals surface area contributed by atoms with Gasteiger partial charge in [0.15, 0.2) is 0 Å². The Morgan fingerprint density at radius 3 is 2.72 bits per heavy atom. The third-order valence-electron chi connectivity index (χ3n) is 6.15. The Hall–Kier alpha value is -2.26. The SMILES string of the molecule is CN(Cc1ccc(OCCN2CCOCC2)cc1)C[C@]1(O)CCCN(c2cnccn2)C1. The molecule has 174 valence electrons. The van der Waals surface area contributed by atoms with Crippen LogP contribution in [0.15, 0.2) is 42.9 Å². The van der Waals surface area contributed by atoms with Crippen molar-refractivity contribution in [3.05, 3.63) is 48.4 Å². The third-order valence-corrected chi connectivity index (χ3v) is 6.15. The highest BCUT2D eigenvalue weighted by Crippen LogP contribution is 2.25. The smallest absolute Gasteiger partial charge is 0.147 e. The van der Waals surface area contributed by atoms with Gasteiger partial charge < -0.3 is 19.5 Å². The fraction of sp³-hybridized carbons (Fsp3) is 0.583. The lowest BCUT2D eigenvalue weighted by atomic mass is 9.92. The second-order valence-corrected chi connectivity index (χ2v) is 8.93.